The Hall–Kier alpha value is 0.0969. The molecule has 0 aliphatic carbocycles. The van der Waals surface area contributed by atoms with Crippen molar-refractivity contribution < 1.29 is 8.85 Å². The monoisotopic (exact) mass is 179 g/mol. The van der Waals surface area contributed by atoms with Gasteiger partial charge >= 0.3 is 10.0 Å². The molecule has 0 aromatic heterocycles. The van der Waals surface area contributed by atoms with Crippen LogP contribution in [0.3, 0.4) is 0 Å². The van der Waals surface area contributed by atoms with Gasteiger partial charge in [0.1, 0.15) is 0 Å². The fourth-order valence-electron chi connectivity index (χ4n) is 0.471. The normalized spacial score (nSPS) is 8.73. The summed E-state index contributed by atoms with van der Waals surface area (Å²) in [5.74, 6) is 0. The summed E-state index contributed by atoms with van der Waals surface area (Å²) in [6, 6.07) is 0. The van der Waals surface area contributed by atoms with Gasteiger partial charge in [0.05, 0.1) is 0 Å². The summed E-state index contributed by atoms with van der Waals surface area (Å²) in [5, 5.41) is 3.07. The lowest BCUT2D eigenvalue weighted by Crippen LogP contribution is -2.06. The van der Waals surface area contributed by atoms with E-state index in [0.717, 1.165) is 6.54 Å². The van der Waals surface area contributed by atoms with Crippen LogP contribution in [-0.4, -0.2) is 37.8 Å². The molecule has 11 heavy (non-hydrogen) atoms. The third-order valence-electron chi connectivity index (χ3n) is 1.02. The van der Waals surface area contributed by atoms with Crippen LogP contribution in [0.5, 0.6) is 0 Å². The van der Waals surface area contributed by atoms with Gasteiger partial charge < -0.3 is 14.2 Å². The molecular weight excluding hydrogens is 158 g/mol. The first-order valence-corrected chi connectivity index (χ1v) is 5.11. The standard InChI is InChI=1S/C5H13N.C2H8O2Si/c1-3-4-5-6-2;1-3-5-4-2/h6H,3-5H2,1-2H3;5H2,1-2H3. The van der Waals surface area contributed by atoms with Crippen LogP contribution in [0.1, 0.15) is 19.8 Å². The summed E-state index contributed by atoms with van der Waals surface area (Å²) in [7, 11) is 4.71. The lowest BCUT2D eigenvalue weighted by Gasteiger charge is -1.89. The quantitative estimate of drug-likeness (QED) is 0.486. The third-order valence-corrected chi connectivity index (χ3v) is 1.49. The van der Waals surface area contributed by atoms with Crippen LogP contribution in [0.15, 0.2) is 0 Å². The molecule has 3 nitrogen and oxygen atoms in total. The molecule has 0 spiro atoms. The molecule has 0 aliphatic heterocycles. The molecule has 0 bridgehead atoms. The van der Waals surface area contributed by atoms with E-state index in [-0.39, 0.29) is 0 Å². The van der Waals surface area contributed by atoms with Gasteiger partial charge in [-0.05, 0) is 20.0 Å². The topological polar surface area (TPSA) is 30.5 Å². The van der Waals surface area contributed by atoms with Gasteiger partial charge in [0.2, 0.25) is 0 Å². The number of hydrogen-bond acceptors (Lipinski definition) is 3. The zero-order valence-corrected chi connectivity index (χ0v) is 9.56. The Kier molecular flexibility index (Phi) is 20.6. The fraction of sp³-hybridized carbons (Fsp3) is 1.00. The molecule has 0 heterocycles. The van der Waals surface area contributed by atoms with Gasteiger partial charge in [-0.2, -0.15) is 0 Å². The van der Waals surface area contributed by atoms with Crippen molar-refractivity contribution in [3.63, 3.8) is 0 Å². The Bertz CT molecular complexity index is 49.7. The van der Waals surface area contributed by atoms with Crippen molar-refractivity contribution in [1.82, 2.24) is 5.32 Å². The molecule has 0 saturated carbocycles. The predicted molar refractivity (Wildman–Crippen MR) is 51.4 cm³/mol. The van der Waals surface area contributed by atoms with Crippen LogP contribution in [0.4, 0.5) is 0 Å². The zero-order chi connectivity index (χ0) is 8.95. The van der Waals surface area contributed by atoms with E-state index in [0.29, 0.717) is 0 Å². The Morgan fingerprint density at radius 1 is 1.27 bits per heavy atom. The van der Waals surface area contributed by atoms with Crippen LogP contribution >= 0.6 is 0 Å². The number of unbranched alkanes of at least 4 members (excludes halogenated alkanes) is 1. The average molecular weight is 179 g/mol. The molecule has 0 radical (unpaired) electrons. The molecule has 4 heteroatoms. The van der Waals surface area contributed by atoms with Crippen LogP contribution in [0.2, 0.25) is 0 Å². The Morgan fingerprint density at radius 2 is 1.82 bits per heavy atom. The minimum Gasteiger partial charge on any atom is -0.402 e. The second-order valence-corrected chi connectivity index (χ2v) is 3.54. The van der Waals surface area contributed by atoms with Crippen molar-refractivity contribution in [2.75, 3.05) is 27.8 Å². The largest absolute Gasteiger partial charge is 0.402 e. The van der Waals surface area contributed by atoms with Crippen LogP contribution < -0.4 is 5.32 Å². The third kappa shape index (κ3) is 25.5. The average Bonchev–Trinajstić information content (AvgIpc) is 2.04. The second-order valence-electron chi connectivity index (χ2n) is 2.15. The molecule has 0 aliphatic rings. The maximum absolute atomic E-state index is 4.61. The lowest BCUT2D eigenvalue weighted by molar-refractivity contribution is 0.309. The highest BCUT2D eigenvalue weighted by atomic mass is 28.3. The fourth-order valence-corrected chi connectivity index (χ4v) is 0.707. The van der Waals surface area contributed by atoms with E-state index in [9.17, 15) is 0 Å². The molecule has 0 aromatic carbocycles. The van der Waals surface area contributed by atoms with Gasteiger partial charge in [0, 0.05) is 14.2 Å². The molecule has 70 valence electrons. The second kappa shape index (κ2) is 16.6. The van der Waals surface area contributed by atoms with E-state index >= 15 is 0 Å². The molecule has 0 fully saturated rings. The van der Waals surface area contributed by atoms with Gasteiger partial charge in [-0.25, -0.2) is 0 Å². The van der Waals surface area contributed by atoms with Gasteiger partial charge in [0.25, 0.3) is 0 Å². The molecule has 1 N–H and O–H groups in total. The van der Waals surface area contributed by atoms with E-state index in [2.05, 4.69) is 21.1 Å². The zero-order valence-electron chi connectivity index (χ0n) is 8.14. The summed E-state index contributed by atoms with van der Waals surface area (Å²) >= 11 is 0. The maximum atomic E-state index is 4.61. The molecule has 0 amide bonds. The van der Waals surface area contributed by atoms with Crippen molar-refractivity contribution >= 4 is 10.0 Å². The van der Waals surface area contributed by atoms with Crippen molar-refractivity contribution in [3.05, 3.63) is 0 Å². The van der Waals surface area contributed by atoms with Gasteiger partial charge in [-0.1, -0.05) is 13.3 Å². The van der Waals surface area contributed by atoms with Crippen molar-refractivity contribution in [3.8, 4) is 0 Å². The van der Waals surface area contributed by atoms with Crippen LogP contribution in [0.25, 0.3) is 0 Å². The first-order valence-electron chi connectivity index (χ1n) is 3.95. The summed E-state index contributed by atoms with van der Waals surface area (Å²) in [4.78, 5) is 0. The van der Waals surface area contributed by atoms with E-state index in [4.69, 9.17) is 0 Å². The van der Waals surface area contributed by atoms with Crippen molar-refractivity contribution in [2.45, 2.75) is 19.8 Å². The van der Waals surface area contributed by atoms with Gasteiger partial charge in [-0.15, -0.1) is 0 Å². The number of rotatable bonds is 5. The van der Waals surface area contributed by atoms with E-state index in [1.165, 1.54) is 12.8 Å². The van der Waals surface area contributed by atoms with Crippen LogP contribution in [0, 0.1) is 0 Å². The van der Waals surface area contributed by atoms with Gasteiger partial charge in [0.15, 0.2) is 0 Å². The van der Waals surface area contributed by atoms with Crippen molar-refractivity contribution in [2.24, 2.45) is 0 Å². The minimum atomic E-state index is -0.568. The Labute approximate surface area is 72.5 Å². The molecule has 0 atom stereocenters. The molecule has 0 aromatic rings. The lowest BCUT2D eigenvalue weighted by atomic mass is 10.3. The smallest absolute Gasteiger partial charge is 0.303 e. The maximum Gasteiger partial charge on any atom is 0.303 e. The van der Waals surface area contributed by atoms with E-state index in [1.54, 1.807) is 14.2 Å². The molecular formula is C7H21NO2Si. The highest BCUT2D eigenvalue weighted by Crippen LogP contribution is 1.79. The SMILES string of the molecule is CCCCNC.CO[SiH2]OC. The van der Waals surface area contributed by atoms with Crippen LogP contribution in [-0.2, 0) is 8.85 Å². The highest BCUT2D eigenvalue weighted by Gasteiger charge is 1.73. The first-order chi connectivity index (χ1) is 5.33. The first kappa shape index (κ1) is 13.7. The molecule has 0 rings (SSSR count). The highest BCUT2D eigenvalue weighted by molar-refractivity contribution is 6.17. The summed E-state index contributed by atoms with van der Waals surface area (Å²) < 4.78 is 9.22. The summed E-state index contributed by atoms with van der Waals surface area (Å²) in [5.41, 5.74) is 0. The predicted octanol–water partition coefficient (Wildman–Crippen LogP) is 0.284. The van der Waals surface area contributed by atoms with Gasteiger partial charge in [-0.3, -0.25) is 0 Å². The Morgan fingerprint density at radius 3 is 1.91 bits per heavy atom. The summed E-state index contributed by atoms with van der Waals surface area (Å²) in [6.07, 6.45) is 2.59. The van der Waals surface area contributed by atoms with E-state index < -0.39 is 10.0 Å². The van der Waals surface area contributed by atoms with Crippen molar-refractivity contribution in [1.29, 1.82) is 0 Å². The molecule has 0 unspecified atom stereocenters. The molecule has 0 saturated heterocycles. The van der Waals surface area contributed by atoms with E-state index in [1.807, 2.05) is 7.05 Å². The minimum absolute atomic E-state index is 0.568. The number of nitrogens with one attached hydrogen (secondary N) is 1. The summed E-state index contributed by atoms with van der Waals surface area (Å²) in [6.45, 7) is 3.36. The number of hydrogen-bond donors (Lipinski definition) is 1. The Balaban J connectivity index is 0.